The van der Waals surface area contributed by atoms with E-state index < -0.39 is 0 Å². The van der Waals surface area contributed by atoms with Crippen LogP contribution in [-0.4, -0.2) is 24.6 Å². The summed E-state index contributed by atoms with van der Waals surface area (Å²) < 4.78 is 8.23. The number of aromatic hydroxyl groups is 1. The summed E-state index contributed by atoms with van der Waals surface area (Å²) >= 11 is 0. The van der Waals surface area contributed by atoms with Crippen LogP contribution in [0.1, 0.15) is 39.0 Å². The first kappa shape index (κ1) is 25.9. The van der Waals surface area contributed by atoms with Gasteiger partial charge in [0.2, 0.25) is 5.88 Å². The second kappa shape index (κ2) is 9.84. The van der Waals surface area contributed by atoms with Gasteiger partial charge in [0.05, 0.1) is 11.9 Å². The van der Waals surface area contributed by atoms with Gasteiger partial charge in [0.1, 0.15) is 11.3 Å². The minimum absolute atomic E-state index is 0. The van der Waals surface area contributed by atoms with Crippen LogP contribution >= 0.6 is 0 Å². The summed E-state index contributed by atoms with van der Waals surface area (Å²) in [6.07, 6.45) is 4.38. The topological polar surface area (TPSA) is 73.1 Å². The number of nitrogens with zero attached hydrogens (tertiary/aromatic N) is 4. The zero-order valence-electron chi connectivity index (χ0n) is 21.6. The van der Waals surface area contributed by atoms with Gasteiger partial charge in [0.15, 0.2) is 5.82 Å². The number of aromatic nitrogens is 4. The van der Waals surface area contributed by atoms with Gasteiger partial charge in [-0.1, -0.05) is 57.5 Å². The number of phenolic OH excluding ortho intramolecular Hbond substituents is 1. The summed E-state index contributed by atoms with van der Waals surface area (Å²) in [6.45, 7) is 8.73. The zero-order valence-corrected chi connectivity index (χ0v) is 23.9. The van der Waals surface area contributed by atoms with E-state index in [-0.39, 0.29) is 32.2 Å². The van der Waals surface area contributed by atoms with Crippen LogP contribution in [0.15, 0.2) is 73.1 Å². The molecule has 0 spiro atoms. The predicted octanol–water partition coefficient (Wildman–Crippen LogP) is 7.28. The van der Waals surface area contributed by atoms with E-state index in [0.29, 0.717) is 17.1 Å². The Morgan fingerprint density at radius 3 is 2.58 bits per heavy atom. The van der Waals surface area contributed by atoms with Crippen LogP contribution in [0.2, 0.25) is 0 Å². The first-order chi connectivity index (χ1) is 17.8. The monoisotopic (exact) mass is 682 g/mol. The number of fused-ring (bicyclic) bond motifs is 4. The Kier molecular flexibility index (Phi) is 6.70. The maximum atomic E-state index is 10.2. The average molecular weight is 683 g/mol. The molecule has 0 aliphatic rings. The molecule has 3 heterocycles. The first-order valence-electron chi connectivity index (χ1n) is 12.4. The predicted molar refractivity (Wildman–Crippen MR) is 147 cm³/mol. The maximum Gasteiger partial charge on any atom is 0.217 e. The minimum Gasteiger partial charge on any atom is -0.506 e. The first-order valence-corrected chi connectivity index (χ1v) is 12.4. The SMILES string of the molecule is CCc1cncc(-n2c3[c-]c(Oc4ccc5cccc(O)c5n4)ccc3c3cc(C(C)(C)C)ccc32)n1.[Pt]. The van der Waals surface area contributed by atoms with E-state index in [1.54, 1.807) is 30.6 Å². The van der Waals surface area contributed by atoms with Gasteiger partial charge >= 0.3 is 0 Å². The van der Waals surface area contributed by atoms with Gasteiger partial charge in [-0.25, -0.2) is 9.97 Å². The number of aryl methyl sites for hydroxylation is 1. The molecule has 0 radical (unpaired) electrons. The van der Waals surface area contributed by atoms with E-state index in [0.717, 1.165) is 45.1 Å². The molecule has 0 aliphatic carbocycles. The molecule has 0 unspecified atom stereocenters. The van der Waals surface area contributed by atoms with Crippen LogP contribution in [-0.2, 0) is 32.9 Å². The fourth-order valence-corrected chi connectivity index (χ4v) is 4.64. The van der Waals surface area contributed by atoms with Crippen LogP contribution in [0, 0.1) is 6.07 Å². The molecular weight excluding hydrogens is 655 g/mol. The molecular formula is C31H27N4O2Pt-. The zero-order chi connectivity index (χ0) is 25.7. The third-order valence-corrected chi connectivity index (χ3v) is 6.67. The molecule has 6 nitrogen and oxygen atoms in total. The van der Waals surface area contributed by atoms with Gasteiger partial charge in [-0.2, -0.15) is 6.07 Å². The summed E-state index contributed by atoms with van der Waals surface area (Å²) in [7, 11) is 0. The van der Waals surface area contributed by atoms with Crippen molar-refractivity contribution < 1.29 is 30.9 Å². The van der Waals surface area contributed by atoms with E-state index in [1.807, 2.05) is 18.2 Å². The molecule has 6 aromatic rings. The molecule has 0 atom stereocenters. The smallest absolute Gasteiger partial charge is 0.217 e. The Morgan fingerprint density at radius 1 is 0.947 bits per heavy atom. The summed E-state index contributed by atoms with van der Waals surface area (Å²) in [4.78, 5) is 13.8. The fourth-order valence-electron chi connectivity index (χ4n) is 4.64. The molecule has 7 heteroatoms. The number of benzene rings is 3. The van der Waals surface area contributed by atoms with Crippen LogP contribution in [0.25, 0.3) is 38.5 Å². The van der Waals surface area contributed by atoms with Gasteiger partial charge in [-0.3, -0.25) is 4.98 Å². The Bertz CT molecular complexity index is 1800. The van der Waals surface area contributed by atoms with Gasteiger partial charge in [-0.05, 0) is 41.0 Å². The summed E-state index contributed by atoms with van der Waals surface area (Å²) in [6, 6.07) is 23.0. The molecule has 38 heavy (non-hydrogen) atoms. The van der Waals surface area contributed by atoms with E-state index in [9.17, 15) is 5.11 Å². The van der Waals surface area contributed by atoms with E-state index >= 15 is 0 Å². The molecule has 3 aromatic heterocycles. The van der Waals surface area contributed by atoms with Crippen molar-refractivity contribution in [1.82, 2.24) is 19.5 Å². The van der Waals surface area contributed by atoms with Crippen molar-refractivity contribution in [3.8, 4) is 23.2 Å². The van der Waals surface area contributed by atoms with Gasteiger partial charge < -0.3 is 14.4 Å². The largest absolute Gasteiger partial charge is 0.506 e. The van der Waals surface area contributed by atoms with Crippen molar-refractivity contribution in [2.24, 2.45) is 0 Å². The number of pyridine rings is 1. The Labute approximate surface area is 235 Å². The van der Waals surface area contributed by atoms with Crippen molar-refractivity contribution in [2.45, 2.75) is 39.5 Å². The number of hydrogen-bond donors (Lipinski definition) is 1. The van der Waals surface area contributed by atoms with Crippen molar-refractivity contribution in [3.05, 3.63) is 90.4 Å². The normalized spacial score (nSPS) is 11.7. The fraction of sp³-hybridized carbons (Fsp3) is 0.194. The van der Waals surface area contributed by atoms with Gasteiger partial charge in [0.25, 0.3) is 0 Å². The van der Waals surface area contributed by atoms with Crippen LogP contribution in [0.5, 0.6) is 17.4 Å². The standard InChI is InChI=1S/C31H27N4O2.Pt/c1-5-21-17-32-18-28(33-21)35-25-13-10-20(31(2,3)4)15-24(25)23-12-11-22(16-26(23)35)37-29-14-9-19-7-6-8-27(36)30(19)34-29;/h6-15,17-18,36H,5H2,1-4H3;/q-1;. The Balaban J connectivity index is 0.00000294. The molecule has 0 bridgehead atoms. The molecule has 3 aromatic carbocycles. The average Bonchev–Trinajstić information content (AvgIpc) is 3.21. The molecule has 0 saturated heterocycles. The Morgan fingerprint density at radius 2 is 1.79 bits per heavy atom. The molecule has 6 rings (SSSR count). The summed E-state index contributed by atoms with van der Waals surface area (Å²) in [5.41, 5.74) is 4.58. The van der Waals surface area contributed by atoms with Crippen molar-refractivity contribution in [1.29, 1.82) is 0 Å². The third-order valence-electron chi connectivity index (χ3n) is 6.67. The minimum atomic E-state index is 0. The van der Waals surface area contributed by atoms with Crippen molar-refractivity contribution in [3.63, 3.8) is 0 Å². The molecule has 1 N–H and O–H groups in total. The number of phenols is 1. The van der Waals surface area contributed by atoms with E-state index in [4.69, 9.17) is 9.72 Å². The van der Waals surface area contributed by atoms with Crippen LogP contribution in [0.3, 0.4) is 0 Å². The molecule has 0 amide bonds. The van der Waals surface area contributed by atoms with Gasteiger partial charge in [0, 0.05) is 50.0 Å². The van der Waals surface area contributed by atoms with Crippen LogP contribution < -0.4 is 4.74 Å². The van der Waals surface area contributed by atoms with Crippen molar-refractivity contribution in [2.75, 3.05) is 0 Å². The second-order valence-electron chi connectivity index (χ2n) is 10.2. The van der Waals surface area contributed by atoms with Crippen LogP contribution in [0.4, 0.5) is 0 Å². The van der Waals surface area contributed by atoms with E-state index in [2.05, 4.69) is 72.6 Å². The summed E-state index contributed by atoms with van der Waals surface area (Å²) in [5.74, 6) is 1.76. The molecule has 0 saturated carbocycles. The Hall–Kier alpha value is -3.76. The molecule has 0 fully saturated rings. The van der Waals surface area contributed by atoms with E-state index in [1.165, 1.54) is 5.56 Å². The van der Waals surface area contributed by atoms with Crippen molar-refractivity contribution >= 4 is 32.7 Å². The third kappa shape index (κ3) is 4.54. The number of rotatable bonds is 4. The maximum absolute atomic E-state index is 10.2. The van der Waals surface area contributed by atoms with Gasteiger partial charge in [-0.15, -0.1) is 17.5 Å². The number of ether oxygens (including phenoxy) is 1. The molecule has 194 valence electrons. The molecule has 0 aliphatic heterocycles. The number of hydrogen-bond acceptors (Lipinski definition) is 5. The summed E-state index contributed by atoms with van der Waals surface area (Å²) in [5, 5.41) is 13.3. The quantitative estimate of drug-likeness (QED) is 0.198. The number of para-hydroxylation sites is 1. The second-order valence-corrected chi connectivity index (χ2v) is 10.2.